The Kier molecular flexibility index (Phi) is 4.11. The van der Waals surface area contributed by atoms with E-state index in [0.717, 1.165) is 37.2 Å². The van der Waals surface area contributed by atoms with E-state index in [9.17, 15) is 4.79 Å². The number of piperidine rings is 1. The lowest BCUT2D eigenvalue weighted by atomic mass is 10.0. The first-order chi connectivity index (χ1) is 9.41. The number of carbonyl (C=O) groups excluding carboxylic acids is 1. The number of nitrogens with zero attached hydrogens (tertiary/aromatic N) is 3. The van der Waals surface area contributed by atoms with Gasteiger partial charge in [0.15, 0.2) is 0 Å². The molecule has 1 unspecified atom stereocenters. The number of aromatic nitrogens is 2. The fourth-order valence-corrected chi connectivity index (χ4v) is 2.56. The molecular formula is C14H23N5O. The number of hydrogen-bond acceptors (Lipinski definition) is 5. The Balaban J connectivity index is 2.46. The summed E-state index contributed by atoms with van der Waals surface area (Å²) >= 11 is 0. The van der Waals surface area contributed by atoms with E-state index in [1.807, 2.05) is 25.7 Å². The van der Waals surface area contributed by atoms with Gasteiger partial charge < -0.3 is 16.4 Å². The van der Waals surface area contributed by atoms with Crippen LogP contribution in [-0.2, 0) is 4.79 Å². The number of rotatable bonds is 3. The summed E-state index contributed by atoms with van der Waals surface area (Å²) in [5.41, 5.74) is 12.3. The third-order valence-electron chi connectivity index (χ3n) is 3.79. The highest BCUT2D eigenvalue weighted by atomic mass is 16.1. The molecule has 4 N–H and O–H groups in total. The maximum absolute atomic E-state index is 11.7. The number of hydrogen-bond donors (Lipinski definition) is 2. The molecule has 0 aromatic carbocycles. The zero-order valence-corrected chi connectivity index (χ0v) is 12.4. The van der Waals surface area contributed by atoms with Gasteiger partial charge in [-0.3, -0.25) is 4.79 Å². The van der Waals surface area contributed by atoms with Crippen molar-refractivity contribution >= 4 is 17.5 Å². The number of nitrogen functional groups attached to an aromatic ring is 1. The van der Waals surface area contributed by atoms with Crippen molar-refractivity contribution < 1.29 is 4.79 Å². The SMILES string of the molecule is Cc1c(N)nc(C(C)C)nc1N1CCCCC1C(N)=O. The van der Waals surface area contributed by atoms with Crippen molar-refractivity contribution in [1.29, 1.82) is 0 Å². The zero-order chi connectivity index (χ0) is 14.9. The molecule has 0 saturated carbocycles. The summed E-state index contributed by atoms with van der Waals surface area (Å²) < 4.78 is 0. The van der Waals surface area contributed by atoms with Gasteiger partial charge >= 0.3 is 0 Å². The van der Waals surface area contributed by atoms with Crippen molar-refractivity contribution in [3.63, 3.8) is 0 Å². The Hall–Kier alpha value is -1.85. The number of carbonyl (C=O) groups is 1. The van der Waals surface area contributed by atoms with E-state index in [4.69, 9.17) is 11.5 Å². The first kappa shape index (κ1) is 14.6. The molecule has 1 fully saturated rings. The predicted molar refractivity (Wildman–Crippen MR) is 79.4 cm³/mol. The fourth-order valence-electron chi connectivity index (χ4n) is 2.56. The molecule has 1 aliphatic heterocycles. The van der Waals surface area contributed by atoms with E-state index in [2.05, 4.69) is 9.97 Å². The Morgan fingerprint density at radius 3 is 2.65 bits per heavy atom. The molecule has 1 amide bonds. The number of amides is 1. The van der Waals surface area contributed by atoms with Gasteiger partial charge in [-0.25, -0.2) is 9.97 Å². The van der Waals surface area contributed by atoms with Crippen LogP contribution >= 0.6 is 0 Å². The number of anilines is 2. The van der Waals surface area contributed by atoms with Crippen LogP contribution in [0.15, 0.2) is 0 Å². The summed E-state index contributed by atoms with van der Waals surface area (Å²) in [6.07, 6.45) is 2.82. The molecule has 2 heterocycles. The van der Waals surface area contributed by atoms with E-state index >= 15 is 0 Å². The molecule has 0 aliphatic carbocycles. The Labute approximate surface area is 119 Å². The van der Waals surface area contributed by atoms with Gasteiger partial charge in [0, 0.05) is 18.0 Å². The first-order valence-corrected chi connectivity index (χ1v) is 7.11. The van der Waals surface area contributed by atoms with Gasteiger partial charge in [0.1, 0.15) is 23.5 Å². The van der Waals surface area contributed by atoms with Gasteiger partial charge in [-0.1, -0.05) is 13.8 Å². The van der Waals surface area contributed by atoms with Gasteiger partial charge in [-0.15, -0.1) is 0 Å². The largest absolute Gasteiger partial charge is 0.383 e. The van der Waals surface area contributed by atoms with Crippen molar-refractivity contribution in [2.45, 2.75) is 52.0 Å². The zero-order valence-electron chi connectivity index (χ0n) is 12.4. The summed E-state index contributed by atoms with van der Waals surface area (Å²) in [6.45, 7) is 6.72. The summed E-state index contributed by atoms with van der Waals surface area (Å²) in [5.74, 6) is 1.83. The second-order valence-electron chi connectivity index (χ2n) is 5.68. The molecule has 6 heteroatoms. The van der Waals surface area contributed by atoms with Gasteiger partial charge in [0.25, 0.3) is 0 Å². The molecule has 0 spiro atoms. The van der Waals surface area contributed by atoms with Crippen molar-refractivity contribution in [2.75, 3.05) is 17.2 Å². The lowest BCUT2D eigenvalue weighted by Gasteiger charge is -2.35. The lowest BCUT2D eigenvalue weighted by molar-refractivity contribution is -0.119. The van der Waals surface area contributed by atoms with Crippen LogP contribution in [0, 0.1) is 6.92 Å². The topological polar surface area (TPSA) is 98.1 Å². The van der Waals surface area contributed by atoms with Crippen LogP contribution < -0.4 is 16.4 Å². The average molecular weight is 277 g/mol. The highest BCUT2D eigenvalue weighted by molar-refractivity contribution is 5.84. The molecule has 2 rings (SSSR count). The normalized spacial score (nSPS) is 19.4. The van der Waals surface area contributed by atoms with Gasteiger partial charge in [0.2, 0.25) is 5.91 Å². The van der Waals surface area contributed by atoms with Crippen LogP contribution in [0.2, 0.25) is 0 Å². The third kappa shape index (κ3) is 2.69. The molecule has 1 saturated heterocycles. The Morgan fingerprint density at radius 2 is 2.05 bits per heavy atom. The summed E-state index contributed by atoms with van der Waals surface area (Å²) in [7, 11) is 0. The van der Waals surface area contributed by atoms with E-state index in [-0.39, 0.29) is 17.9 Å². The maximum atomic E-state index is 11.7. The molecule has 110 valence electrons. The van der Waals surface area contributed by atoms with Crippen molar-refractivity contribution in [3.8, 4) is 0 Å². The summed E-state index contributed by atoms with van der Waals surface area (Å²) in [6, 6.07) is -0.295. The minimum Gasteiger partial charge on any atom is -0.383 e. The smallest absolute Gasteiger partial charge is 0.240 e. The average Bonchev–Trinajstić information content (AvgIpc) is 2.41. The van der Waals surface area contributed by atoms with E-state index in [0.29, 0.717) is 11.6 Å². The molecular weight excluding hydrogens is 254 g/mol. The van der Waals surface area contributed by atoms with E-state index < -0.39 is 0 Å². The van der Waals surface area contributed by atoms with Crippen LogP contribution in [0.4, 0.5) is 11.6 Å². The van der Waals surface area contributed by atoms with E-state index in [1.54, 1.807) is 0 Å². The second kappa shape index (κ2) is 5.64. The van der Waals surface area contributed by atoms with Gasteiger partial charge in [-0.2, -0.15) is 0 Å². The van der Waals surface area contributed by atoms with Crippen molar-refractivity contribution in [2.24, 2.45) is 5.73 Å². The number of primary amides is 1. The molecule has 20 heavy (non-hydrogen) atoms. The molecule has 1 atom stereocenters. The first-order valence-electron chi connectivity index (χ1n) is 7.11. The summed E-state index contributed by atoms with van der Waals surface area (Å²) in [5, 5.41) is 0. The van der Waals surface area contributed by atoms with E-state index in [1.165, 1.54) is 0 Å². The lowest BCUT2D eigenvalue weighted by Crippen LogP contribution is -2.48. The molecule has 1 aromatic rings. The third-order valence-corrected chi connectivity index (χ3v) is 3.79. The second-order valence-corrected chi connectivity index (χ2v) is 5.68. The molecule has 0 radical (unpaired) electrons. The molecule has 1 aliphatic rings. The van der Waals surface area contributed by atoms with Crippen molar-refractivity contribution in [1.82, 2.24) is 9.97 Å². The molecule has 0 bridgehead atoms. The standard InChI is InChI=1S/C14H23N5O/c1-8(2)13-17-11(15)9(3)14(18-13)19-7-5-4-6-10(19)12(16)20/h8,10H,4-7H2,1-3H3,(H2,16,20)(H2,15,17,18). The minimum absolute atomic E-state index is 0.188. The van der Waals surface area contributed by atoms with Crippen LogP contribution in [0.5, 0.6) is 0 Å². The van der Waals surface area contributed by atoms with Crippen LogP contribution in [-0.4, -0.2) is 28.5 Å². The highest BCUT2D eigenvalue weighted by Gasteiger charge is 2.30. The van der Waals surface area contributed by atoms with Gasteiger partial charge in [0.05, 0.1) is 0 Å². The monoisotopic (exact) mass is 277 g/mol. The predicted octanol–water partition coefficient (Wildman–Crippen LogP) is 1.33. The quantitative estimate of drug-likeness (QED) is 0.868. The summed E-state index contributed by atoms with van der Waals surface area (Å²) in [4.78, 5) is 22.6. The Bertz CT molecular complexity index is 515. The minimum atomic E-state index is -0.299. The Morgan fingerprint density at radius 1 is 1.35 bits per heavy atom. The highest BCUT2D eigenvalue weighted by Crippen LogP contribution is 2.29. The maximum Gasteiger partial charge on any atom is 0.240 e. The molecule has 1 aromatic heterocycles. The van der Waals surface area contributed by atoms with Gasteiger partial charge in [-0.05, 0) is 26.2 Å². The van der Waals surface area contributed by atoms with Crippen LogP contribution in [0.25, 0.3) is 0 Å². The van der Waals surface area contributed by atoms with Crippen molar-refractivity contribution in [3.05, 3.63) is 11.4 Å². The number of nitrogens with two attached hydrogens (primary N) is 2. The molecule has 6 nitrogen and oxygen atoms in total. The fraction of sp³-hybridized carbons (Fsp3) is 0.643. The van der Waals surface area contributed by atoms with Crippen LogP contribution in [0.3, 0.4) is 0 Å². The van der Waals surface area contributed by atoms with Crippen LogP contribution in [0.1, 0.15) is 50.4 Å².